The van der Waals surface area contributed by atoms with E-state index in [1.54, 1.807) is 34.8 Å². The van der Waals surface area contributed by atoms with Crippen molar-refractivity contribution in [3.8, 4) is 34.2 Å². The van der Waals surface area contributed by atoms with Crippen LogP contribution in [-0.4, -0.2) is 74.4 Å². The number of aliphatic hydroxyl groups is 1. The molecule has 4 heterocycles. The number of hydrogen-bond donors (Lipinski definition) is 2. The van der Waals surface area contributed by atoms with E-state index in [1.807, 2.05) is 27.0 Å². The second kappa shape index (κ2) is 11.2. The highest BCUT2D eigenvalue weighted by molar-refractivity contribution is 6.33. The summed E-state index contributed by atoms with van der Waals surface area (Å²) in [5, 5.41) is 22.3. The fourth-order valence-corrected chi connectivity index (χ4v) is 4.89. The van der Waals surface area contributed by atoms with Gasteiger partial charge in [0.25, 0.3) is 0 Å². The van der Waals surface area contributed by atoms with Gasteiger partial charge >= 0.3 is 6.09 Å². The van der Waals surface area contributed by atoms with Gasteiger partial charge in [0.1, 0.15) is 24.2 Å². The molecule has 0 aliphatic carbocycles. The molecule has 0 bridgehead atoms. The Balaban J connectivity index is 1.60. The topological polar surface area (TPSA) is 141 Å². The molecule has 13 heteroatoms. The number of nitrogens with one attached hydrogen (secondary N) is 1. The minimum absolute atomic E-state index is 0.105. The van der Waals surface area contributed by atoms with Gasteiger partial charge in [0.15, 0.2) is 11.6 Å². The molecule has 0 saturated carbocycles. The lowest BCUT2D eigenvalue weighted by Crippen LogP contribution is -2.29. The number of amides is 1. The summed E-state index contributed by atoms with van der Waals surface area (Å²) >= 11 is 6.64. The highest BCUT2D eigenvalue weighted by Crippen LogP contribution is 2.36. The number of hydrogen-bond acceptors (Lipinski definition) is 10. The zero-order valence-electron chi connectivity index (χ0n) is 22.9. The van der Waals surface area contributed by atoms with E-state index in [9.17, 15) is 9.90 Å². The molecular weight excluding hydrogens is 538 g/mol. The van der Waals surface area contributed by atoms with Crippen LogP contribution >= 0.6 is 11.6 Å². The molecule has 1 aliphatic heterocycles. The van der Waals surface area contributed by atoms with Crippen molar-refractivity contribution in [2.24, 2.45) is 0 Å². The molecule has 210 valence electrons. The molecule has 5 rings (SSSR count). The summed E-state index contributed by atoms with van der Waals surface area (Å²) in [5.74, 6) is 2.04. The first-order valence-electron chi connectivity index (χ1n) is 12.7. The number of fused-ring (bicyclic) bond motifs is 1. The molecule has 12 nitrogen and oxygen atoms in total. The van der Waals surface area contributed by atoms with Crippen LogP contribution in [0.4, 0.5) is 4.79 Å². The maximum absolute atomic E-state index is 12.0. The first-order chi connectivity index (χ1) is 19.2. The van der Waals surface area contributed by atoms with E-state index < -0.39 is 12.2 Å². The standard InChI is InChI=1S/C27H30ClN7O5/c1-14-24(23-15(2)33-40-16(23)3)30-25(20-8-19(6-7-21(20)28)39-13-18(36)9-29-4)31-26(14)35-11-17-10-34(27(37)38-5)12-22(17)32-35/h6-8,11,18,29,36H,9-10,12-13H2,1-5H3/t18-/m1/s1. The average Bonchev–Trinajstić information content (AvgIpc) is 3.61. The number of nitrogens with zero attached hydrogens (tertiary/aromatic N) is 6. The second-order valence-corrected chi connectivity index (χ2v) is 9.99. The third kappa shape index (κ3) is 5.25. The lowest BCUT2D eigenvalue weighted by Gasteiger charge is -2.16. The van der Waals surface area contributed by atoms with Crippen molar-refractivity contribution in [1.82, 2.24) is 35.1 Å². The van der Waals surface area contributed by atoms with E-state index in [1.165, 1.54) is 7.11 Å². The molecule has 4 aromatic rings. The van der Waals surface area contributed by atoms with Crippen LogP contribution in [-0.2, 0) is 17.8 Å². The average molecular weight is 568 g/mol. The summed E-state index contributed by atoms with van der Waals surface area (Å²) in [4.78, 5) is 23.4. The molecule has 0 radical (unpaired) electrons. The molecule has 0 unspecified atom stereocenters. The molecule has 0 spiro atoms. The maximum Gasteiger partial charge on any atom is 0.410 e. The van der Waals surface area contributed by atoms with Gasteiger partial charge in [-0.2, -0.15) is 5.10 Å². The van der Waals surface area contributed by atoms with Gasteiger partial charge in [-0.1, -0.05) is 16.8 Å². The van der Waals surface area contributed by atoms with Gasteiger partial charge in [-0.3, -0.25) is 4.90 Å². The minimum Gasteiger partial charge on any atom is -0.491 e. The second-order valence-electron chi connectivity index (χ2n) is 9.58. The van der Waals surface area contributed by atoms with Crippen LogP contribution in [0.1, 0.15) is 28.3 Å². The normalized spacial score (nSPS) is 13.4. The zero-order chi connectivity index (χ0) is 28.6. The van der Waals surface area contributed by atoms with Crippen molar-refractivity contribution in [1.29, 1.82) is 0 Å². The Morgan fingerprint density at radius 2 is 2.05 bits per heavy atom. The van der Waals surface area contributed by atoms with Crippen molar-refractivity contribution < 1.29 is 23.9 Å². The van der Waals surface area contributed by atoms with Gasteiger partial charge in [-0.15, -0.1) is 0 Å². The summed E-state index contributed by atoms with van der Waals surface area (Å²) in [5.41, 5.74) is 5.06. The number of rotatable bonds is 8. The Kier molecular flexibility index (Phi) is 7.74. The minimum atomic E-state index is -0.672. The monoisotopic (exact) mass is 567 g/mol. The van der Waals surface area contributed by atoms with Gasteiger partial charge in [0.05, 0.1) is 47.9 Å². The summed E-state index contributed by atoms with van der Waals surface area (Å²) < 4.78 is 17.8. The molecule has 0 saturated heterocycles. The first kappa shape index (κ1) is 27.6. The number of aromatic nitrogens is 5. The van der Waals surface area contributed by atoms with Gasteiger partial charge in [-0.25, -0.2) is 19.4 Å². The Morgan fingerprint density at radius 3 is 2.73 bits per heavy atom. The van der Waals surface area contributed by atoms with Gasteiger partial charge < -0.3 is 24.4 Å². The first-order valence-corrected chi connectivity index (χ1v) is 13.1. The van der Waals surface area contributed by atoms with E-state index in [0.29, 0.717) is 64.8 Å². The van der Waals surface area contributed by atoms with E-state index in [2.05, 4.69) is 10.5 Å². The molecule has 40 heavy (non-hydrogen) atoms. The molecule has 1 aromatic carbocycles. The predicted molar refractivity (Wildman–Crippen MR) is 146 cm³/mol. The van der Waals surface area contributed by atoms with E-state index in [4.69, 9.17) is 40.7 Å². The van der Waals surface area contributed by atoms with Crippen molar-refractivity contribution in [3.05, 3.63) is 57.7 Å². The van der Waals surface area contributed by atoms with Crippen LogP contribution < -0.4 is 10.1 Å². The number of carbonyl (C=O) groups excluding carboxylic acids is 1. The Morgan fingerprint density at radius 1 is 1.25 bits per heavy atom. The molecule has 2 N–H and O–H groups in total. The Labute approximate surface area is 235 Å². The van der Waals surface area contributed by atoms with E-state index >= 15 is 0 Å². The van der Waals surface area contributed by atoms with Gasteiger partial charge in [0.2, 0.25) is 0 Å². The van der Waals surface area contributed by atoms with Crippen LogP contribution in [0.5, 0.6) is 5.75 Å². The van der Waals surface area contributed by atoms with Crippen molar-refractivity contribution in [2.45, 2.75) is 40.0 Å². The van der Waals surface area contributed by atoms with Crippen LogP contribution in [0.15, 0.2) is 28.9 Å². The maximum atomic E-state index is 12.0. The zero-order valence-corrected chi connectivity index (χ0v) is 23.6. The molecule has 1 aliphatic rings. The number of carbonyl (C=O) groups is 1. The number of aliphatic hydroxyl groups excluding tert-OH is 1. The molecule has 1 atom stereocenters. The van der Waals surface area contributed by atoms with Crippen molar-refractivity contribution in [3.63, 3.8) is 0 Å². The third-order valence-corrected chi connectivity index (χ3v) is 7.01. The van der Waals surface area contributed by atoms with Crippen molar-refractivity contribution in [2.75, 3.05) is 27.3 Å². The number of ether oxygens (including phenoxy) is 2. The highest BCUT2D eigenvalue weighted by Gasteiger charge is 2.29. The molecule has 1 amide bonds. The number of likely N-dealkylation sites (N-methyl/N-ethyl adjacent to an activating group) is 1. The van der Waals surface area contributed by atoms with Crippen LogP contribution in [0, 0.1) is 20.8 Å². The van der Waals surface area contributed by atoms with Crippen LogP contribution in [0.3, 0.4) is 0 Å². The Bertz CT molecular complexity index is 1520. The summed E-state index contributed by atoms with van der Waals surface area (Å²) in [7, 11) is 3.12. The third-order valence-electron chi connectivity index (χ3n) is 6.68. The molecule has 0 fully saturated rings. The van der Waals surface area contributed by atoms with Gasteiger partial charge in [0, 0.05) is 29.4 Å². The lowest BCUT2D eigenvalue weighted by atomic mass is 10.0. The number of benzene rings is 1. The number of halogens is 1. The molecular formula is C27H30ClN7O5. The van der Waals surface area contributed by atoms with Gasteiger partial charge in [-0.05, 0) is 46.0 Å². The summed E-state index contributed by atoms with van der Waals surface area (Å²) in [6, 6.07) is 5.18. The predicted octanol–water partition coefficient (Wildman–Crippen LogP) is 3.60. The fraction of sp³-hybridized carbons (Fsp3) is 0.370. The number of methoxy groups -OCH3 is 1. The quantitative estimate of drug-likeness (QED) is 0.324. The van der Waals surface area contributed by atoms with E-state index in [-0.39, 0.29) is 6.61 Å². The fourth-order valence-electron chi connectivity index (χ4n) is 4.68. The van der Waals surface area contributed by atoms with Crippen LogP contribution in [0.25, 0.3) is 28.5 Å². The SMILES string of the molecule is CNC[C@@H](O)COc1ccc(Cl)c(-c2nc(-c3c(C)noc3C)c(C)c(-n3cc4c(n3)CN(C(=O)OC)C4)n2)c1. The Hall–Kier alpha value is -4.00. The molecule has 3 aromatic heterocycles. The largest absolute Gasteiger partial charge is 0.491 e. The summed E-state index contributed by atoms with van der Waals surface area (Å²) in [6.07, 6.45) is 0.786. The summed E-state index contributed by atoms with van der Waals surface area (Å²) in [6.45, 7) is 6.84. The lowest BCUT2D eigenvalue weighted by molar-refractivity contribution is 0.108. The van der Waals surface area contributed by atoms with Crippen molar-refractivity contribution >= 4 is 17.7 Å². The smallest absolute Gasteiger partial charge is 0.410 e. The van der Waals surface area contributed by atoms with Crippen LogP contribution in [0.2, 0.25) is 5.02 Å². The number of aryl methyl sites for hydroxylation is 2. The highest BCUT2D eigenvalue weighted by atomic mass is 35.5. The van der Waals surface area contributed by atoms with E-state index in [0.717, 1.165) is 22.4 Å².